The van der Waals surface area contributed by atoms with Crippen molar-refractivity contribution in [1.29, 1.82) is 0 Å². The van der Waals surface area contributed by atoms with Crippen LogP contribution in [0.1, 0.15) is 41.2 Å². The third kappa shape index (κ3) is 3.12. The molecule has 1 amide bonds. The first-order valence-corrected chi connectivity index (χ1v) is 7.66. The molecule has 1 saturated heterocycles. The lowest BCUT2D eigenvalue weighted by Crippen LogP contribution is -2.38. The number of thiophene rings is 1. The molecule has 20 heavy (non-hydrogen) atoms. The molecule has 1 N–H and O–H groups in total. The normalized spacial score (nSPS) is 16.2. The van der Waals surface area contributed by atoms with Crippen LogP contribution in [0.3, 0.4) is 0 Å². The quantitative estimate of drug-likeness (QED) is 0.906. The maximum Gasteiger partial charge on any atom is 0.349 e. The van der Waals surface area contributed by atoms with E-state index in [4.69, 9.17) is 4.74 Å². The number of aromatic carboxylic acids is 1. The second kappa shape index (κ2) is 6.26. The highest BCUT2D eigenvalue weighted by molar-refractivity contribution is 7.14. The number of hydrogen-bond acceptors (Lipinski definition) is 4. The van der Waals surface area contributed by atoms with Crippen LogP contribution in [0.5, 0.6) is 5.75 Å². The molecule has 0 aliphatic carbocycles. The SMILES string of the molecule is CCc1cc(OC(C)C(=O)N2CCCC2)c(C(=O)O)s1. The highest BCUT2D eigenvalue weighted by Crippen LogP contribution is 2.31. The van der Waals surface area contributed by atoms with Gasteiger partial charge in [-0.25, -0.2) is 4.79 Å². The fourth-order valence-electron chi connectivity index (χ4n) is 2.27. The maximum absolute atomic E-state index is 12.2. The van der Waals surface area contributed by atoms with Crippen molar-refractivity contribution in [1.82, 2.24) is 4.90 Å². The van der Waals surface area contributed by atoms with Gasteiger partial charge in [0.15, 0.2) is 11.0 Å². The summed E-state index contributed by atoms with van der Waals surface area (Å²) in [7, 11) is 0. The third-order valence-corrected chi connectivity index (χ3v) is 4.61. The Hall–Kier alpha value is -1.56. The molecule has 2 rings (SSSR count). The van der Waals surface area contributed by atoms with Gasteiger partial charge in [0.05, 0.1) is 0 Å². The van der Waals surface area contributed by atoms with Crippen molar-refractivity contribution in [2.75, 3.05) is 13.1 Å². The summed E-state index contributed by atoms with van der Waals surface area (Å²) in [5, 5.41) is 9.17. The van der Waals surface area contributed by atoms with Crippen LogP contribution in [0.2, 0.25) is 0 Å². The molecule has 0 aromatic carbocycles. The lowest BCUT2D eigenvalue weighted by atomic mass is 10.3. The molecule has 1 unspecified atom stereocenters. The molecule has 0 spiro atoms. The lowest BCUT2D eigenvalue weighted by Gasteiger charge is -2.20. The smallest absolute Gasteiger partial charge is 0.349 e. The molecule has 5 nitrogen and oxygen atoms in total. The van der Waals surface area contributed by atoms with Gasteiger partial charge in [-0.3, -0.25) is 4.79 Å². The molecule has 1 aliphatic rings. The summed E-state index contributed by atoms with van der Waals surface area (Å²) in [6, 6.07) is 1.72. The molecule has 0 saturated carbocycles. The Balaban J connectivity index is 2.10. The number of carbonyl (C=O) groups is 2. The van der Waals surface area contributed by atoms with Gasteiger partial charge in [-0.15, -0.1) is 11.3 Å². The average molecular weight is 297 g/mol. The van der Waals surface area contributed by atoms with Gasteiger partial charge < -0.3 is 14.7 Å². The molecule has 0 radical (unpaired) electrons. The van der Waals surface area contributed by atoms with E-state index < -0.39 is 12.1 Å². The number of nitrogens with zero attached hydrogens (tertiary/aromatic N) is 1. The third-order valence-electron chi connectivity index (χ3n) is 3.36. The van der Waals surface area contributed by atoms with E-state index in [0.717, 1.165) is 37.2 Å². The standard InChI is InChI=1S/C14H19NO4S/c1-3-10-8-11(12(20-10)14(17)18)19-9(2)13(16)15-6-4-5-7-15/h8-9H,3-7H2,1-2H3,(H,17,18). The Bertz CT molecular complexity index is 505. The minimum absolute atomic E-state index is 0.0666. The molecule has 1 fully saturated rings. The minimum Gasteiger partial charge on any atom is -0.479 e. The van der Waals surface area contributed by atoms with Gasteiger partial charge in [-0.2, -0.15) is 0 Å². The highest BCUT2D eigenvalue weighted by atomic mass is 32.1. The summed E-state index contributed by atoms with van der Waals surface area (Å²) < 4.78 is 5.60. The van der Waals surface area contributed by atoms with Crippen LogP contribution < -0.4 is 4.74 Å². The molecule has 1 aromatic heterocycles. The van der Waals surface area contributed by atoms with E-state index in [1.807, 2.05) is 6.92 Å². The predicted molar refractivity (Wildman–Crippen MR) is 76.6 cm³/mol. The van der Waals surface area contributed by atoms with Crippen molar-refractivity contribution >= 4 is 23.2 Å². The monoisotopic (exact) mass is 297 g/mol. The second-order valence-electron chi connectivity index (χ2n) is 4.86. The molecular formula is C14H19NO4S. The topological polar surface area (TPSA) is 66.8 Å². The Morgan fingerprint density at radius 1 is 1.45 bits per heavy atom. The van der Waals surface area contributed by atoms with E-state index in [1.165, 1.54) is 11.3 Å². The van der Waals surface area contributed by atoms with Crippen LogP contribution >= 0.6 is 11.3 Å². The molecular weight excluding hydrogens is 278 g/mol. The Morgan fingerprint density at radius 2 is 2.10 bits per heavy atom. The second-order valence-corrected chi connectivity index (χ2v) is 5.99. The Labute approximate surface area is 122 Å². The summed E-state index contributed by atoms with van der Waals surface area (Å²) in [5.74, 6) is -0.770. The van der Waals surface area contributed by atoms with Gasteiger partial charge in [0.25, 0.3) is 5.91 Å². The van der Waals surface area contributed by atoms with Gasteiger partial charge in [0.1, 0.15) is 5.75 Å². The number of rotatable bonds is 5. The van der Waals surface area contributed by atoms with Crippen LogP contribution in [0, 0.1) is 0 Å². The maximum atomic E-state index is 12.2. The number of amides is 1. The summed E-state index contributed by atoms with van der Waals surface area (Å²) in [6.45, 7) is 5.17. The van der Waals surface area contributed by atoms with E-state index in [-0.39, 0.29) is 10.8 Å². The summed E-state index contributed by atoms with van der Waals surface area (Å²) in [6.07, 6.45) is 2.16. The number of carboxylic acid groups (broad SMARTS) is 1. The number of ether oxygens (including phenoxy) is 1. The van der Waals surface area contributed by atoms with E-state index in [1.54, 1.807) is 17.9 Å². The molecule has 6 heteroatoms. The van der Waals surface area contributed by atoms with Gasteiger partial charge >= 0.3 is 5.97 Å². The van der Waals surface area contributed by atoms with Crippen molar-refractivity contribution < 1.29 is 19.4 Å². The first-order valence-electron chi connectivity index (χ1n) is 6.84. The fourth-order valence-corrected chi connectivity index (χ4v) is 3.14. The molecule has 1 aliphatic heterocycles. The van der Waals surface area contributed by atoms with Crippen molar-refractivity contribution in [2.24, 2.45) is 0 Å². The molecule has 1 atom stereocenters. The largest absolute Gasteiger partial charge is 0.479 e. The van der Waals surface area contributed by atoms with E-state index in [2.05, 4.69) is 0 Å². The van der Waals surface area contributed by atoms with E-state index >= 15 is 0 Å². The van der Waals surface area contributed by atoms with Crippen LogP contribution in [0.4, 0.5) is 0 Å². The summed E-state index contributed by atoms with van der Waals surface area (Å²) >= 11 is 1.20. The Morgan fingerprint density at radius 3 is 2.65 bits per heavy atom. The molecule has 0 bridgehead atoms. The van der Waals surface area contributed by atoms with Crippen LogP contribution in [-0.4, -0.2) is 41.1 Å². The number of hydrogen-bond donors (Lipinski definition) is 1. The van der Waals surface area contributed by atoms with Gasteiger partial charge in [-0.1, -0.05) is 6.92 Å². The lowest BCUT2D eigenvalue weighted by molar-refractivity contribution is -0.136. The highest BCUT2D eigenvalue weighted by Gasteiger charge is 2.26. The molecule has 2 heterocycles. The van der Waals surface area contributed by atoms with Crippen molar-refractivity contribution in [3.05, 3.63) is 15.8 Å². The van der Waals surface area contributed by atoms with Gasteiger partial charge in [-0.05, 0) is 32.3 Å². The molecule has 1 aromatic rings. The average Bonchev–Trinajstić information content (AvgIpc) is 3.06. The van der Waals surface area contributed by atoms with Crippen LogP contribution in [-0.2, 0) is 11.2 Å². The van der Waals surface area contributed by atoms with Crippen LogP contribution in [0.25, 0.3) is 0 Å². The zero-order chi connectivity index (χ0) is 14.7. The zero-order valence-corrected chi connectivity index (χ0v) is 12.5. The minimum atomic E-state index is -1.01. The molecule has 110 valence electrons. The van der Waals surface area contributed by atoms with Gasteiger partial charge in [0.2, 0.25) is 0 Å². The van der Waals surface area contributed by atoms with Crippen LogP contribution in [0.15, 0.2) is 6.07 Å². The predicted octanol–water partition coefficient (Wildman–Crippen LogP) is 2.40. The zero-order valence-electron chi connectivity index (χ0n) is 11.7. The van der Waals surface area contributed by atoms with Crippen molar-refractivity contribution in [2.45, 2.75) is 39.2 Å². The van der Waals surface area contributed by atoms with Crippen molar-refractivity contribution in [3.63, 3.8) is 0 Å². The summed E-state index contributed by atoms with van der Waals surface area (Å²) in [4.78, 5) is 26.2. The summed E-state index contributed by atoms with van der Waals surface area (Å²) in [5.41, 5.74) is 0. The van der Waals surface area contributed by atoms with E-state index in [9.17, 15) is 14.7 Å². The number of aryl methyl sites for hydroxylation is 1. The fraction of sp³-hybridized carbons (Fsp3) is 0.571. The van der Waals surface area contributed by atoms with Crippen molar-refractivity contribution in [3.8, 4) is 5.75 Å². The first kappa shape index (κ1) is 14.8. The Kier molecular flexibility index (Phi) is 4.65. The number of likely N-dealkylation sites (tertiary alicyclic amines) is 1. The number of carboxylic acids is 1. The first-order chi connectivity index (χ1) is 9.52. The van der Waals surface area contributed by atoms with Gasteiger partial charge in [0, 0.05) is 18.0 Å². The van der Waals surface area contributed by atoms with E-state index in [0.29, 0.717) is 5.75 Å². The number of carbonyl (C=O) groups excluding carboxylic acids is 1.